The van der Waals surface area contributed by atoms with E-state index < -0.39 is 11.6 Å². The minimum Gasteiger partial charge on any atom is -0.508 e. The highest BCUT2D eigenvalue weighted by Crippen LogP contribution is 2.41. The molecule has 2 aromatic heterocycles. The number of hydrogen-bond acceptors (Lipinski definition) is 8. The van der Waals surface area contributed by atoms with Crippen molar-refractivity contribution < 1.29 is 18.6 Å². The minimum atomic E-state index is -0.700. The predicted molar refractivity (Wildman–Crippen MR) is 171 cm³/mol. The second-order valence-electron chi connectivity index (χ2n) is 12.3. The van der Waals surface area contributed by atoms with Gasteiger partial charge in [-0.05, 0) is 93.1 Å². The molecule has 5 heterocycles. The Bertz CT molecular complexity index is 1780. The molecule has 0 saturated carbocycles. The lowest BCUT2D eigenvalue weighted by Crippen LogP contribution is -2.43. The van der Waals surface area contributed by atoms with Gasteiger partial charge in [0, 0.05) is 30.2 Å². The van der Waals surface area contributed by atoms with E-state index in [1.807, 2.05) is 11.8 Å². The third-order valence-electron chi connectivity index (χ3n) is 9.60. The zero-order valence-corrected chi connectivity index (χ0v) is 25.6. The van der Waals surface area contributed by atoms with E-state index in [9.17, 15) is 9.50 Å². The Balaban J connectivity index is 1.37. The van der Waals surface area contributed by atoms with Crippen LogP contribution in [0.4, 0.5) is 14.6 Å². The van der Waals surface area contributed by atoms with Gasteiger partial charge in [-0.3, -0.25) is 9.88 Å². The van der Waals surface area contributed by atoms with Crippen LogP contribution in [0.25, 0.3) is 32.9 Å². The molecule has 0 aliphatic carbocycles. The van der Waals surface area contributed by atoms with E-state index in [4.69, 9.17) is 16.1 Å². The number of ether oxygens (including phenoxy) is 1. The molecule has 1 unspecified atom stereocenters. The molecule has 1 N–H and O–H groups in total. The van der Waals surface area contributed by atoms with E-state index in [2.05, 4.69) is 31.9 Å². The highest BCUT2D eigenvalue weighted by atomic mass is 32.2. The van der Waals surface area contributed by atoms with Gasteiger partial charge in [0.1, 0.15) is 35.2 Å². The van der Waals surface area contributed by atoms with Gasteiger partial charge in [0.25, 0.3) is 0 Å². The summed E-state index contributed by atoms with van der Waals surface area (Å²) in [6.45, 7) is 4.18. The number of aromatic hydroxyl groups is 1. The lowest BCUT2D eigenvalue weighted by atomic mass is 9.95. The third-order valence-corrected chi connectivity index (χ3v) is 10.4. The number of phenols is 1. The van der Waals surface area contributed by atoms with Gasteiger partial charge in [-0.2, -0.15) is 21.7 Å². The quantitative estimate of drug-likeness (QED) is 0.240. The molecule has 3 saturated heterocycles. The molecule has 7 nitrogen and oxygen atoms in total. The number of thioether (sulfide) groups is 1. The first-order chi connectivity index (χ1) is 21.4. The average molecular weight is 616 g/mol. The van der Waals surface area contributed by atoms with Crippen molar-refractivity contribution in [1.82, 2.24) is 19.9 Å². The minimum absolute atomic E-state index is 0.0173. The van der Waals surface area contributed by atoms with Crippen molar-refractivity contribution in [3.8, 4) is 35.4 Å². The van der Waals surface area contributed by atoms with Crippen molar-refractivity contribution in [2.75, 3.05) is 49.7 Å². The number of hydrogen-bond donors (Lipinski definition) is 1. The zero-order chi connectivity index (χ0) is 30.4. The predicted octanol–water partition coefficient (Wildman–Crippen LogP) is 6.40. The van der Waals surface area contributed by atoms with Crippen LogP contribution in [0.5, 0.6) is 11.8 Å². The summed E-state index contributed by atoms with van der Waals surface area (Å²) in [6.07, 6.45) is 15.9. The molecule has 3 aliphatic heterocycles. The first kappa shape index (κ1) is 29.1. The van der Waals surface area contributed by atoms with Crippen LogP contribution in [0.3, 0.4) is 0 Å². The summed E-state index contributed by atoms with van der Waals surface area (Å²) in [5, 5.41) is 11.8. The number of aromatic nitrogens is 3. The number of nitrogens with zero attached hydrogens (tertiary/aromatic N) is 5. The number of anilines is 1. The molecule has 0 spiro atoms. The first-order valence-corrected chi connectivity index (χ1v) is 16.7. The summed E-state index contributed by atoms with van der Waals surface area (Å²) in [6, 6.07) is 5.73. The van der Waals surface area contributed by atoms with Crippen molar-refractivity contribution in [3.05, 3.63) is 47.7 Å². The molecule has 3 fully saturated rings. The third kappa shape index (κ3) is 5.00. The average Bonchev–Trinajstić information content (AvgIpc) is 3.61. The molecular formula is C34H35F2N5O2S. The Kier molecular flexibility index (Phi) is 7.71. The summed E-state index contributed by atoms with van der Waals surface area (Å²) in [4.78, 5) is 18.7. The van der Waals surface area contributed by atoms with E-state index in [0.29, 0.717) is 34.5 Å². The van der Waals surface area contributed by atoms with Gasteiger partial charge in [0.2, 0.25) is 0 Å². The molecular weight excluding hydrogens is 580 g/mol. The standard InChI is InChI=1S/C34H35F2N5O2S/c1-3-24-27(35)9-8-22-15-23(42)16-25(28(22)24)30-29(36)31-26(17-37-30)32(40-12-4-7-21(18-40)19-44-2)39-33(38-31)43-20-34-10-5-13-41(34)14-6-11-34/h1,8-9,15-17,21,42H,4-7,10-14,18-20H2,2H3. The molecule has 3 aliphatic rings. The largest absolute Gasteiger partial charge is 0.508 e. The van der Waals surface area contributed by atoms with Gasteiger partial charge in [-0.25, -0.2) is 8.78 Å². The van der Waals surface area contributed by atoms with Crippen LogP contribution in [0.2, 0.25) is 0 Å². The van der Waals surface area contributed by atoms with E-state index in [1.165, 1.54) is 24.3 Å². The molecule has 1 atom stereocenters. The van der Waals surface area contributed by atoms with Crippen molar-refractivity contribution >= 4 is 39.3 Å². The van der Waals surface area contributed by atoms with Crippen LogP contribution in [0.1, 0.15) is 44.1 Å². The van der Waals surface area contributed by atoms with Gasteiger partial charge < -0.3 is 14.7 Å². The SMILES string of the molecule is C#Cc1c(F)ccc2cc(O)cc(-c3ncc4c(N5CCCC(CSC)C5)nc(OCC56CCCN5CCC6)nc4c3F)c12. The number of terminal acetylenes is 1. The van der Waals surface area contributed by atoms with Gasteiger partial charge in [-0.1, -0.05) is 12.0 Å². The monoisotopic (exact) mass is 615 g/mol. The Morgan fingerprint density at radius 3 is 2.73 bits per heavy atom. The lowest BCUT2D eigenvalue weighted by molar-refractivity contribution is 0.108. The maximum Gasteiger partial charge on any atom is 0.319 e. The van der Waals surface area contributed by atoms with Crippen LogP contribution in [-0.4, -0.2) is 75.3 Å². The van der Waals surface area contributed by atoms with Crippen molar-refractivity contribution in [1.29, 1.82) is 0 Å². The number of fused-ring (bicyclic) bond motifs is 3. The van der Waals surface area contributed by atoms with Crippen LogP contribution >= 0.6 is 11.8 Å². The van der Waals surface area contributed by atoms with Gasteiger partial charge >= 0.3 is 6.01 Å². The molecule has 4 aromatic rings. The molecule has 2 aromatic carbocycles. The molecule has 44 heavy (non-hydrogen) atoms. The second kappa shape index (κ2) is 11.7. The van der Waals surface area contributed by atoms with Crippen LogP contribution in [0.15, 0.2) is 30.5 Å². The summed E-state index contributed by atoms with van der Waals surface area (Å²) in [5.74, 6) is 3.12. The molecule has 228 valence electrons. The lowest BCUT2D eigenvalue weighted by Gasteiger charge is -2.34. The molecule has 0 amide bonds. The number of pyridine rings is 1. The Morgan fingerprint density at radius 2 is 1.95 bits per heavy atom. The summed E-state index contributed by atoms with van der Waals surface area (Å²) >= 11 is 1.83. The molecule has 0 radical (unpaired) electrons. The molecule has 10 heteroatoms. The van der Waals surface area contributed by atoms with Crippen molar-refractivity contribution in [2.45, 2.75) is 44.1 Å². The maximum absolute atomic E-state index is 16.8. The van der Waals surface area contributed by atoms with Gasteiger partial charge in [0.15, 0.2) is 5.82 Å². The zero-order valence-electron chi connectivity index (χ0n) is 24.8. The fraction of sp³-hybridized carbons (Fsp3) is 0.441. The number of benzene rings is 2. The van der Waals surface area contributed by atoms with Crippen LogP contribution in [-0.2, 0) is 0 Å². The van der Waals surface area contributed by atoms with Crippen LogP contribution in [0, 0.1) is 29.9 Å². The van der Waals surface area contributed by atoms with E-state index >= 15 is 4.39 Å². The first-order valence-electron chi connectivity index (χ1n) is 15.3. The Morgan fingerprint density at radius 1 is 1.14 bits per heavy atom. The van der Waals surface area contributed by atoms with Crippen molar-refractivity contribution in [2.24, 2.45) is 5.92 Å². The highest BCUT2D eigenvalue weighted by Gasteiger charge is 2.45. The van der Waals surface area contributed by atoms with Crippen molar-refractivity contribution in [3.63, 3.8) is 0 Å². The number of halogens is 2. The maximum atomic E-state index is 16.8. The number of piperidine rings is 1. The summed E-state index contributed by atoms with van der Waals surface area (Å²) in [5.41, 5.74) is 0.150. The van der Waals surface area contributed by atoms with Crippen LogP contribution < -0.4 is 9.64 Å². The van der Waals surface area contributed by atoms with Gasteiger partial charge in [0.05, 0.1) is 16.5 Å². The smallest absolute Gasteiger partial charge is 0.319 e. The highest BCUT2D eigenvalue weighted by molar-refractivity contribution is 7.98. The fourth-order valence-electron chi connectivity index (χ4n) is 7.56. The van der Waals surface area contributed by atoms with E-state index in [-0.39, 0.29) is 39.6 Å². The van der Waals surface area contributed by atoms with Gasteiger partial charge in [-0.15, -0.1) is 6.42 Å². The molecule has 0 bridgehead atoms. The Hall–Kier alpha value is -3.68. The summed E-state index contributed by atoms with van der Waals surface area (Å²) < 4.78 is 37.9. The summed E-state index contributed by atoms with van der Waals surface area (Å²) in [7, 11) is 0. The normalized spacial score (nSPS) is 19.9. The topological polar surface area (TPSA) is 74.6 Å². The second-order valence-corrected chi connectivity index (χ2v) is 13.2. The fourth-order valence-corrected chi connectivity index (χ4v) is 8.30. The number of rotatable bonds is 7. The Labute approximate surface area is 260 Å². The van der Waals surface area contributed by atoms with E-state index in [1.54, 1.807) is 6.20 Å². The molecule has 7 rings (SSSR count). The number of phenolic OH excluding ortho intramolecular Hbond substituents is 1. The van der Waals surface area contributed by atoms with E-state index in [0.717, 1.165) is 70.5 Å².